The van der Waals surface area contributed by atoms with E-state index in [-0.39, 0.29) is 5.82 Å². The molecule has 1 saturated heterocycles. The molecule has 0 aliphatic carbocycles. The summed E-state index contributed by atoms with van der Waals surface area (Å²) in [5.41, 5.74) is 1.48. The first-order chi connectivity index (χ1) is 7.33. The van der Waals surface area contributed by atoms with Crippen LogP contribution in [0.15, 0.2) is 18.2 Å². The zero-order chi connectivity index (χ0) is 10.7. The second-order valence-corrected chi connectivity index (χ2v) is 3.94. The van der Waals surface area contributed by atoms with Crippen LogP contribution in [0.3, 0.4) is 0 Å². The zero-order valence-electron chi connectivity index (χ0n) is 8.92. The van der Waals surface area contributed by atoms with Gasteiger partial charge in [0.05, 0.1) is 6.61 Å². The molecule has 3 heteroatoms. The van der Waals surface area contributed by atoms with Gasteiger partial charge in [-0.3, -0.25) is 0 Å². The molecule has 0 amide bonds. The summed E-state index contributed by atoms with van der Waals surface area (Å²) in [6.07, 6.45) is 1.02. The number of nitrogens with one attached hydrogen (secondary N) is 1. The van der Waals surface area contributed by atoms with Crippen LogP contribution in [0, 0.1) is 5.82 Å². The van der Waals surface area contributed by atoms with E-state index in [4.69, 9.17) is 4.74 Å². The van der Waals surface area contributed by atoms with Crippen molar-refractivity contribution in [1.82, 2.24) is 5.32 Å². The standard InChI is InChI=1S/C12H16FNO/c1-15-8-10-3-2-4-11(12(10)13)9-5-6-14-7-9/h2-4,9,14H,5-8H2,1H3. The van der Waals surface area contributed by atoms with Gasteiger partial charge in [-0.15, -0.1) is 0 Å². The Morgan fingerprint density at radius 3 is 3.07 bits per heavy atom. The first-order valence-electron chi connectivity index (χ1n) is 5.30. The quantitative estimate of drug-likeness (QED) is 0.822. The molecule has 2 rings (SSSR count). The molecule has 0 aromatic heterocycles. The van der Waals surface area contributed by atoms with E-state index in [1.54, 1.807) is 13.2 Å². The Hall–Kier alpha value is -0.930. The van der Waals surface area contributed by atoms with Gasteiger partial charge >= 0.3 is 0 Å². The van der Waals surface area contributed by atoms with E-state index >= 15 is 0 Å². The van der Waals surface area contributed by atoms with Crippen molar-refractivity contribution in [3.05, 3.63) is 35.1 Å². The van der Waals surface area contributed by atoms with Gasteiger partial charge in [0.25, 0.3) is 0 Å². The predicted molar refractivity (Wildman–Crippen MR) is 57.3 cm³/mol. The Morgan fingerprint density at radius 1 is 1.53 bits per heavy atom. The zero-order valence-corrected chi connectivity index (χ0v) is 8.92. The lowest BCUT2D eigenvalue weighted by atomic mass is 9.96. The summed E-state index contributed by atoms with van der Waals surface area (Å²) >= 11 is 0. The lowest BCUT2D eigenvalue weighted by molar-refractivity contribution is 0.181. The Kier molecular flexibility index (Phi) is 3.34. The van der Waals surface area contributed by atoms with E-state index in [0.29, 0.717) is 18.1 Å². The van der Waals surface area contributed by atoms with Crippen molar-refractivity contribution >= 4 is 0 Å². The number of rotatable bonds is 3. The molecule has 2 nitrogen and oxygen atoms in total. The van der Waals surface area contributed by atoms with Gasteiger partial charge in [0.15, 0.2) is 0 Å². The van der Waals surface area contributed by atoms with Gasteiger partial charge in [0.2, 0.25) is 0 Å². The topological polar surface area (TPSA) is 21.3 Å². The van der Waals surface area contributed by atoms with Crippen molar-refractivity contribution in [2.45, 2.75) is 18.9 Å². The minimum atomic E-state index is -0.0898. The summed E-state index contributed by atoms with van der Waals surface area (Å²) in [7, 11) is 1.59. The van der Waals surface area contributed by atoms with Crippen molar-refractivity contribution in [1.29, 1.82) is 0 Å². The van der Waals surface area contributed by atoms with Crippen LogP contribution in [0.2, 0.25) is 0 Å². The summed E-state index contributed by atoms with van der Waals surface area (Å²) in [4.78, 5) is 0. The molecule has 1 atom stereocenters. The van der Waals surface area contributed by atoms with Crippen molar-refractivity contribution in [2.75, 3.05) is 20.2 Å². The Morgan fingerprint density at radius 2 is 2.40 bits per heavy atom. The molecule has 1 fully saturated rings. The van der Waals surface area contributed by atoms with E-state index in [1.807, 2.05) is 12.1 Å². The molecule has 1 aliphatic heterocycles. The van der Waals surface area contributed by atoms with Gasteiger partial charge in [-0.25, -0.2) is 4.39 Å². The maximum Gasteiger partial charge on any atom is 0.132 e. The first-order valence-corrected chi connectivity index (χ1v) is 5.30. The van der Waals surface area contributed by atoms with Crippen LogP contribution in [0.1, 0.15) is 23.5 Å². The van der Waals surface area contributed by atoms with Gasteiger partial charge in [-0.05, 0) is 18.5 Å². The number of ether oxygens (including phenoxy) is 1. The van der Waals surface area contributed by atoms with Crippen molar-refractivity contribution in [3.63, 3.8) is 0 Å². The number of hydrogen-bond donors (Lipinski definition) is 1. The molecule has 1 N–H and O–H groups in total. The van der Waals surface area contributed by atoms with Crippen LogP contribution in [0.25, 0.3) is 0 Å². The van der Waals surface area contributed by atoms with Crippen molar-refractivity contribution in [2.24, 2.45) is 0 Å². The molecule has 82 valence electrons. The van der Waals surface area contributed by atoms with E-state index in [1.165, 1.54) is 0 Å². The fourth-order valence-electron chi connectivity index (χ4n) is 2.10. The third-order valence-electron chi connectivity index (χ3n) is 2.91. The lowest BCUT2D eigenvalue weighted by Crippen LogP contribution is -2.09. The Labute approximate surface area is 89.4 Å². The molecule has 1 aliphatic rings. The van der Waals surface area contributed by atoms with Gasteiger partial charge < -0.3 is 10.1 Å². The summed E-state index contributed by atoms with van der Waals surface area (Å²) < 4.78 is 19.0. The second-order valence-electron chi connectivity index (χ2n) is 3.94. The number of methoxy groups -OCH3 is 1. The van der Waals surface area contributed by atoms with Crippen LogP contribution >= 0.6 is 0 Å². The average molecular weight is 209 g/mol. The first kappa shape index (κ1) is 10.6. The van der Waals surface area contributed by atoms with Crippen LogP contribution in [-0.2, 0) is 11.3 Å². The highest BCUT2D eigenvalue weighted by Crippen LogP contribution is 2.26. The highest BCUT2D eigenvalue weighted by atomic mass is 19.1. The minimum absolute atomic E-state index is 0.0898. The summed E-state index contributed by atoms with van der Waals surface area (Å²) in [6.45, 7) is 2.21. The van der Waals surface area contributed by atoms with Crippen molar-refractivity contribution < 1.29 is 9.13 Å². The Balaban J connectivity index is 2.26. The number of hydrogen-bond acceptors (Lipinski definition) is 2. The average Bonchev–Trinajstić information content (AvgIpc) is 2.74. The van der Waals surface area contributed by atoms with E-state index in [2.05, 4.69) is 5.32 Å². The monoisotopic (exact) mass is 209 g/mol. The molecule has 0 bridgehead atoms. The SMILES string of the molecule is COCc1cccc(C2CCNC2)c1F. The molecule has 1 heterocycles. The smallest absolute Gasteiger partial charge is 0.132 e. The molecular formula is C12H16FNO. The summed E-state index contributed by atoms with van der Waals surface area (Å²) in [6, 6.07) is 5.57. The molecule has 1 aromatic carbocycles. The van der Waals surface area contributed by atoms with Gasteiger partial charge in [-0.1, -0.05) is 18.2 Å². The van der Waals surface area contributed by atoms with Gasteiger partial charge in [-0.2, -0.15) is 0 Å². The van der Waals surface area contributed by atoms with Crippen LogP contribution in [-0.4, -0.2) is 20.2 Å². The maximum absolute atomic E-state index is 14.0. The largest absolute Gasteiger partial charge is 0.380 e. The fourth-order valence-corrected chi connectivity index (χ4v) is 2.10. The number of halogens is 1. The molecule has 15 heavy (non-hydrogen) atoms. The van der Waals surface area contributed by atoms with Gasteiger partial charge in [0, 0.05) is 25.1 Å². The summed E-state index contributed by atoms with van der Waals surface area (Å²) in [5, 5.41) is 3.25. The molecule has 0 saturated carbocycles. The minimum Gasteiger partial charge on any atom is -0.380 e. The third kappa shape index (κ3) is 2.19. The highest BCUT2D eigenvalue weighted by molar-refractivity contribution is 5.29. The van der Waals surface area contributed by atoms with E-state index in [0.717, 1.165) is 25.1 Å². The number of benzene rings is 1. The normalized spacial score (nSPS) is 20.8. The third-order valence-corrected chi connectivity index (χ3v) is 2.91. The fraction of sp³-hybridized carbons (Fsp3) is 0.500. The Bertz CT molecular complexity index is 334. The molecule has 0 spiro atoms. The van der Waals surface area contributed by atoms with E-state index in [9.17, 15) is 4.39 Å². The molecular weight excluding hydrogens is 193 g/mol. The van der Waals surface area contributed by atoms with Crippen LogP contribution in [0.5, 0.6) is 0 Å². The summed E-state index contributed by atoms with van der Waals surface area (Å²) in [5.74, 6) is 0.231. The lowest BCUT2D eigenvalue weighted by Gasteiger charge is -2.12. The molecule has 1 aromatic rings. The van der Waals surface area contributed by atoms with Gasteiger partial charge in [0.1, 0.15) is 5.82 Å². The molecule has 0 radical (unpaired) electrons. The second kappa shape index (κ2) is 4.73. The van der Waals surface area contributed by atoms with Crippen LogP contribution < -0.4 is 5.32 Å². The van der Waals surface area contributed by atoms with Crippen LogP contribution in [0.4, 0.5) is 4.39 Å². The van der Waals surface area contributed by atoms with Crippen molar-refractivity contribution in [3.8, 4) is 0 Å². The maximum atomic E-state index is 14.0. The highest BCUT2D eigenvalue weighted by Gasteiger charge is 2.20. The molecule has 1 unspecified atom stereocenters. The predicted octanol–water partition coefficient (Wildman–Crippen LogP) is 2.05. The van der Waals surface area contributed by atoms with E-state index < -0.39 is 0 Å².